The zero-order valence-corrected chi connectivity index (χ0v) is 6.47. The molecule has 0 aliphatic carbocycles. The summed E-state index contributed by atoms with van der Waals surface area (Å²) in [5.74, 6) is 0.196. The molecule has 0 aromatic heterocycles. The molecule has 0 amide bonds. The molecule has 0 spiro atoms. The Morgan fingerprint density at radius 2 is 2.30 bits per heavy atom. The van der Waals surface area contributed by atoms with Crippen LogP contribution < -0.4 is 0 Å². The molecule has 56 valence electrons. The monoisotopic (exact) mass is 138 g/mol. The second-order valence-electron chi connectivity index (χ2n) is 2.16. The van der Waals surface area contributed by atoms with Crippen molar-refractivity contribution in [1.29, 1.82) is 0 Å². The molecule has 0 aromatic carbocycles. The van der Waals surface area contributed by atoms with Gasteiger partial charge in [0.2, 0.25) is 0 Å². The van der Waals surface area contributed by atoms with Crippen molar-refractivity contribution in [1.82, 2.24) is 0 Å². The summed E-state index contributed by atoms with van der Waals surface area (Å²) in [5, 5.41) is 0. The third-order valence-corrected chi connectivity index (χ3v) is 1.19. The van der Waals surface area contributed by atoms with Gasteiger partial charge in [0.25, 0.3) is 0 Å². The van der Waals surface area contributed by atoms with Gasteiger partial charge in [-0.3, -0.25) is 4.79 Å². The van der Waals surface area contributed by atoms with Gasteiger partial charge in [-0.1, -0.05) is 32.1 Å². The SMILES string of the molecule is C=C/C=C\C(=O)CCCC. The summed E-state index contributed by atoms with van der Waals surface area (Å²) < 4.78 is 0. The average Bonchev–Trinajstić information content (AvgIpc) is 1.97. The van der Waals surface area contributed by atoms with E-state index in [9.17, 15) is 4.79 Å². The number of rotatable bonds is 5. The van der Waals surface area contributed by atoms with E-state index in [0.717, 1.165) is 12.8 Å². The van der Waals surface area contributed by atoms with Gasteiger partial charge in [-0.25, -0.2) is 0 Å². The van der Waals surface area contributed by atoms with Crippen molar-refractivity contribution in [3.8, 4) is 0 Å². The van der Waals surface area contributed by atoms with Crippen LogP contribution in [-0.4, -0.2) is 5.78 Å². The number of carbonyl (C=O) groups is 1. The highest BCUT2D eigenvalue weighted by Gasteiger charge is 1.92. The van der Waals surface area contributed by atoms with Gasteiger partial charge in [0, 0.05) is 6.42 Å². The van der Waals surface area contributed by atoms with E-state index in [1.807, 2.05) is 0 Å². The van der Waals surface area contributed by atoms with Crippen LogP contribution in [0.25, 0.3) is 0 Å². The molecule has 1 nitrogen and oxygen atoms in total. The first-order valence-corrected chi connectivity index (χ1v) is 3.63. The molecule has 0 fully saturated rings. The first-order chi connectivity index (χ1) is 4.81. The van der Waals surface area contributed by atoms with Crippen LogP contribution in [0.4, 0.5) is 0 Å². The molecule has 0 aliphatic rings. The van der Waals surface area contributed by atoms with Crippen molar-refractivity contribution in [3.05, 3.63) is 24.8 Å². The van der Waals surface area contributed by atoms with Gasteiger partial charge < -0.3 is 0 Å². The van der Waals surface area contributed by atoms with Crippen molar-refractivity contribution in [3.63, 3.8) is 0 Å². The second-order valence-corrected chi connectivity index (χ2v) is 2.16. The van der Waals surface area contributed by atoms with E-state index >= 15 is 0 Å². The zero-order valence-electron chi connectivity index (χ0n) is 6.47. The van der Waals surface area contributed by atoms with Crippen molar-refractivity contribution >= 4 is 5.78 Å². The first-order valence-electron chi connectivity index (χ1n) is 3.63. The highest BCUT2D eigenvalue weighted by molar-refractivity contribution is 5.89. The van der Waals surface area contributed by atoms with Gasteiger partial charge in [0.05, 0.1) is 0 Å². The van der Waals surface area contributed by atoms with Crippen LogP contribution in [0.15, 0.2) is 24.8 Å². The van der Waals surface area contributed by atoms with Crippen LogP contribution in [0.2, 0.25) is 0 Å². The Morgan fingerprint density at radius 3 is 2.80 bits per heavy atom. The van der Waals surface area contributed by atoms with Crippen LogP contribution in [0.3, 0.4) is 0 Å². The summed E-state index contributed by atoms with van der Waals surface area (Å²) in [4.78, 5) is 10.8. The summed E-state index contributed by atoms with van der Waals surface area (Å²) in [6.45, 7) is 5.55. The van der Waals surface area contributed by atoms with Gasteiger partial charge >= 0.3 is 0 Å². The average molecular weight is 138 g/mol. The fraction of sp³-hybridized carbons (Fsp3) is 0.444. The lowest BCUT2D eigenvalue weighted by atomic mass is 10.2. The largest absolute Gasteiger partial charge is 0.295 e. The summed E-state index contributed by atoms with van der Waals surface area (Å²) in [6.07, 6.45) is 7.60. The maximum absolute atomic E-state index is 10.8. The van der Waals surface area contributed by atoms with E-state index in [1.165, 1.54) is 0 Å². The number of carbonyl (C=O) groups excluding carboxylic acids is 1. The van der Waals surface area contributed by atoms with Gasteiger partial charge in [-0.05, 0) is 12.5 Å². The van der Waals surface area contributed by atoms with E-state index in [4.69, 9.17) is 0 Å². The van der Waals surface area contributed by atoms with Gasteiger partial charge in [0.1, 0.15) is 0 Å². The third-order valence-electron chi connectivity index (χ3n) is 1.19. The van der Waals surface area contributed by atoms with E-state index in [1.54, 1.807) is 18.2 Å². The quantitative estimate of drug-likeness (QED) is 0.421. The minimum atomic E-state index is 0.196. The summed E-state index contributed by atoms with van der Waals surface area (Å²) in [7, 11) is 0. The summed E-state index contributed by atoms with van der Waals surface area (Å²) in [6, 6.07) is 0. The van der Waals surface area contributed by atoms with E-state index in [2.05, 4.69) is 13.5 Å². The molecule has 0 unspecified atom stereocenters. The van der Waals surface area contributed by atoms with Gasteiger partial charge in [0.15, 0.2) is 5.78 Å². The number of ketones is 1. The van der Waals surface area contributed by atoms with E-state index < -0.39 is 0 Å². The fourth-order valence-corrected chi connectivity index (χ4v) is 0.610. The summed E-state index contributed by atoms with van der Waals surface area (Å²) >= 11 is 0. The smallest absolute Gasteiger partial charge is 0.155 e. The second kappa shape index (κ2) is 6.27. The normalized spacial score (nSPS) is 10.1. The molecule has 0 N–H and O–H groups in total. The molecule has 0 radical (unpaired) electrons. The van der Waals surface area contributed by atoms with E-state index in [0.29, 0.717) is 6.42 Å². The van der Waals surface area contributed by atoms with Crippen LogP contribution >= 0.6 is 0 Å². The van der Waals surface area contributed by atoms with Crippen LogP contribution in [0.5, 0.6) is 0 Å². The lowest BCUT2D eigenvalue weighted by molar-refractivity contribution is -0.114. The topological polar surface area (TPSA) is 17.1 Å². The predicted octanol–water partition coefficient (Wildman–Crippen LogP) is 2.49. The van der Waals surface area contributed by atoms with Gasteiger partial charge in [-0.15, -0.1) is 0 Å². The highest BCUT2D eigenvalue weighted by Crippen LogP contribution is 1.95. The lowest BCUT2D eigenvalue weighted by Gasteiger charge is -1.89. The molecule has 1 heteroatoms. The number of hydrogen-bond donors (Lipinski definition) is 0. The lowest BCUT2D eigenvalue weighted by Crippen LogP contribution is -1.90. The number of hydrogen-bond acceptors (Lipinski definition) is 1. The van der Waals surface area contributed by atoms with Crippen molar-refractivity contribution in [2.24, 2.45) is 0 Å². The van der Waals surface area contributed by atoms with Crippen molar-refractivity contribution < 1.29 is 4.79 Å². The zero-order chi connectivity index (χ0) is 7.82. The Kier molecular flexibility index (Phi) is 5.74. The summed E-state index contributed by atoms with van der Waals surface area (Å²) in [5.41, 5.74) is 0. The van der Waals surface area contributed by atoms with Crippen LogP contribution in [0, 0.1) is 0 Å². The van der Waals surface area contributed by atoms with Crippen molar-refractivity contribution in [2.45, 2.75) is 26.2 Å². The molecule has 0 heterocycles. The molecular weight excluding hydrogens is 124 g/mol. The molecule has 0 bridgehead atoms. The van der Waals surface area contributed by atoms with Gasteiger partial charge in [-0.2, -0.15) is 0 Å². The predicted molar refractivity (Wildman–Crippen MR) is 43.9 cm³/mol. The molecule has 0 aliphatic heterocycles. The number of allylic oxidation sites excluding steroid dienone is 3. The maximum atomic E-state index is 10.8. The molecule has 0 saturated carbocycles. The molecular formula is C9H14O. The molecule has 0 atom stereocenters. The Bertz CT molecular complexity index is 134. The third kappa shape index (κ3) is 5.29. The standard InChI is InChI=1S/C9H14O/c1-3-5-7-9(10)8-6-4-2/h3,5,7H,1,4,6,8H2,2H3/b7-5-. The Balaban J connectivity index is 3.43. The Labute approximate surface area is 62.4 Å². The van der Waals surface area contributed by atoms with Crippen LogP contribution in [-0.2, 0) is 4.79 Å². The minimum absolute atomic E-state index is 0.196. The highest BCUT2D eigenvalue weighted by atomic mass is 16.1. The first kappa shape index (κ1) is 9.15. The fourth-order valence-electron chi connectivity index (χ4n) is 0.610. The Morgan fingerprint density at radius 1 is 1.60 bits per heavy atom. The van der Waals surface area contributed by atoms with E-state index in [-0.39, 0.29) is 5.78 Å². The molecule has 0 saturated heterocycles. The molecule has 10 heavy (non-hydrogen) atoms. The maximum Gasteiger partial charge on any atom is 0.155 e. The molecule has 0 aromatic rings. The number of unbranched alkanes of at least 4 members (excludes halogenated alkanes) is 1. The Hall–Kier alpha value is -0.850. The minimum Gasteiger partial charge on any atom is -0.295 e. The van der Waals surface area contributed by atoms with Crippen molar-refractivity contribution in [2.75, 3.05) is 0 Å². The molecule has 0 rings (SSSR count). The van der Waals surface area contributed by atoms with Crippen LogP contribution in [0.1, 0.15) is 26.2 Å².